The summed E-state index contributed by atoms with van der Waals surface area (Å²) in [4.78, 5) is 11.5. The molecule has 0 heterocycles. The van der Waals surface area contributed by atoms with Crippen LogP contribution in [0, 0.1) is 0 Å². The maximum atomic E-state index is 11.5. The maximum absolute atomic E-state index is 11.5. The smallest absolute Gasteiger partial charge is 0.276 e. The van der Waals surface area contributed by atoms with Gasteiger partial charge >= 0.3 is 0 Å². The van der Waals surface area contributed by atoms with E-state index in [9.17, 15) is 21.6 Å². The summed E-state index contributed by atoms with van der Waals surface area (Å²) in [5.41, 5.74) is 0. The summed E-state index contributed by atoms with van der Waals surface area (Å²) in [6.45, 7) is -0.178. The molecule has 0 saturated heterocycles. The molecule has 0 radical (unpaired) electrons. The number of carbonyl (C=O) groups excluding carboxylic acids is 1. The van der Waals surface area contributed by atoms with E-state index in [4.69, 9.17) is 4.55 Å². The molecule has 0 aliphatic heterocycles. The lowest BCUT2D eigenvalue weighted by molar-refractivity contribution is -0.120. The zero-order valence-corrected chi connectivity index (χ0v) is 12.6. The number of amides is 1. The van der Waals surface area contributed by atoms with Crippen molar-refractivity contribution in [3.63, 3.8) is 0 Å². The lowest BCUT2D eigenvalue weighted by Gasteiger charge is -2.13. The Morgan fingerprint density at radius 1 is 1.33 bits per heavy atom. The van der Waals surface area contributed by atoms with Crippen molar-refractivity contribution in [3.8, 4) is 0 Å². The minimum Gasteiger partial charge on any atom is -0.354 e. The van der Waals surface area contributed by atoms with Crippen molar-refractivity contribution in [1.82, 2.24) is 5.32 Å². The van der Waals surface area contributed by atoms with Gasteiger partial charge in [0, 0.05) is 12.8 Å². The number of carbonyl (C=O) groups is 1. The lowest BCUT2D eigenvalue weighted by Crippen LogP contribution is -2.41. The van der Waals surface area contributed by atoms with Crippen LogP contribution in [0.25, 0.3) is 0 Å². The molecule has 108 valence electrons. The molecule has 0 aliphatic carbocycles. The van der Waals surface area contributed by atoms with Crippen molar-refractivity contribution in [2.75, 3.05) is 30.6 Å². The summed E-state index contributed by atoms with van der Waals surface area (Å²) in [7, 11) is -7.71. The summed E-state index contributed by atoms with van der Waals surface area (Å²) >= 11 is 1.34. The normalized spacial score (nSPS) is 14.2. The van der Waals surface area contributed by atoms with Crippen molar-refractivity contribution in [2.45, 2.75) is 11.7 Å². The SMILES string of the molecule is CSCCC(C(=O)NCCS(C)(=O)=O)S(=O)(=O)O. The summed E-state index contributed by atoms with van der Waals surface area (Å²) in [5, 5.41) is 0.637. The first kappa shape index (κ1) is 17.7. The quantitative estimate of drug-likeness (QED) is 0.560. The van der Waals surface area contributed by atoms with Gasteiger partial charge in [0.2, 0.25) is 5.91 Å². The Balaban J connectivity index is 4.49. The number of nitrogens with one attached hydrogen (secondary N) is 1. The van der Waals surface area contributed by atoms with E-state index in [1.807, 2.05) is 0 Å². The number of hydrogen-bond acceptors (Lipinski definition) is 6. The second-order valence-corrected chi connectivity index (χ2v) is 8.55. The molecule has 0 aliphatic rings. The van der Waals surface area contributed by atoms with E-state index < -0.39 is 31.1 Å². The summed E-state index contributed by atoms with van der Waals surface area (Å²) < 4.78 is 52.6. The Labute approximate surface area is 111 Å². The minimum absolute atomic E-state index is 0.0231. The molecule has 0 aromatic carbocycles. The van der Waals surface area contributed by atoms with Crippen LogP contribution < -0.4 is 5.32 Å². The third-order valence-electron chi connectivity index (χ3n) is 2.01. The van der Waals surface area contributed by atoms with Crippen molar-refractivity contribution in [2.24, 2.45) is 0 Å². The van der Waals surface area contributed by atoms with Gasteiger partial charge in [0.15, 0.2) is 5.25 Å². The van der Waals surface area contributed by atoms with E-state index in [0.29, 0.717) is 5.75 Å². The van der Waals surface area contributed by atoms with Crippen molar-refractivity contribution >= 4 is 37.6 Å². The topological polar surface area (TPSA) is 118 Å². The van der Waals surface area contributed by atoms with Crippen molar-refractivity contribution < 1.29 is 26.2 Å². The monoisotopic (exact) mass is 319 g/mol. The van der Waals surface area contributed by atoms with Crippen molar-refractivity contribution in [3.05, 3.63) is 0 Å². The van der Waals surface area contributed by atoms with Gasteiger partial charge in [-0.3, -0.25) is 9.35 Å². The number of thioether (sulfide) groups is 1. The molecular weight excluding hydrogens is 302 g/mol. The van der Waals surface area contributed by atoms with Crippen LogP contribution in [-0.4, -0.2) is 63.1 Å². The van der Waals surface area contributed by atoms with E-state index >= 15 is 0 Å². The number of hydrogen-bond donors (Lipinski definition) is 2. The highest BCUT2D eigenvalue weighted by Gasteiger charge is 2.30. The summed E-state index contributed by atoms with van der Waals surface area (Å²) in [5.74, 6) is -0.765. The van der Waals surface area contributed by atoms with Gasteiger partial charge in [0.05, 0.1) is 5.75 Å². The molecule has 0 aromatic heterocycles. The molecule has 0 aromatic rings. The highest BCUT2D eigenvalue weighted by molar-refractivity contribution is 7.98. The molecule has 10 heteroatoms. The fraction of sp³-hybridized carbons (Fsp3) is 0.875. The van der Waals surface area contributed by atoms with Gasteiger partial charge in [-0.1, -0.05) is 0 Å². The maximum Gasteiger partial charge on any atom is 0.276 e. The molecule has 18 heavy (non-hydrogen) atoms. The van der Waals surface area contributed by atoms with Crippen LogP contribution >= 0.6 is 11.8 Å². The summed E-state index contributed by atoms with van der Waals surface area (Å²) in [6.07, 6.45) is 2.72. The number of rotatable bonds is 8. The van der Waals surface area contributed by atoms with Gasteiger partial charge in [-0.25, -0.2) is 8.42 Å². The summed E-state index contributed by atoms with van der Waals surface area (Å²) in [6, 6.07) is 0. The minimum atomic E-state index is -4.48. The molecule has 0 fully saturated rings. The fourth-order valence-electron chi connectivity index (χ4n) is 1.11. The van der Waals surface area contributed by atoms with Gasteiger partial charge in [0.25, 0.3) is 10.1 Å². The van der Waals surface area contributed by atoms with Gasteiger partial charge in [-0.15, -0.1) is 0 Å². The van der Waals surface area contributed by atoms with Crippen LogP contribution in [0.15, 0.2) is 0 Å². The van der Waals surface area contributed by atoms with Crippen LogP contribution in [0.5, 0.6) is 0 Å². The van der Waals surface area contributed by atoms with Crippen LogP contribution in [-0.2, 0) is 24.7 Å². The van der Waals surface area contributed by atoms with Gasteiger partial charge in [-0.2, -0.15) is 20.2 Å². The number of sulfone groups is 1. The molecule has 0 saturated carbocycles. The molecule has 2 N–H and O–H groups in total. The van der Waals surface area contributed by atoms with E-state index in [1.165, 1.54) is 11.8 Å². The second-order valence-electron chi connectivity index (χ2n) is 3.71. The first-order valence-corrected chi connectivity index (χ1v) is 9.94. The first-order chi connectivity index (χ1) is 8.08. The third kappa shape index (κ3) is 7.90. The Bertz CT molecular complexity index is 469. The van der Waals surface area contributed by atoms with Gasteiger partial charge < -0.3 is 5.32 Å². The second kappa shape index (κ2) is 7.31. The Morgan fingerprint density at radius 2 is 1.89 bits per heavy atom. The van der Waals surface area contributed by atoms with Crippen LogP contribution in [0.3, 0.4) is 0 Å². The highest BCUT2D eigenvalue weighted by atomic mass is 32.2. The largest absolute Gasteiger partial charge is 0.354 e. The zero-order valence-electron chi connectivity index (χ0n) is 10.1. The Kier molecular flexibility index (Phi) is 7.18. The molecule has 1 atom stereocenters. The average molecular weight is 319 g/mol. The molecule has 0 rings (SSSR count). The predicted octanol–water partition coefficient (Wildman–Crippen LogP) is -0.843. The lowest BCUT2D eigenvalue weighted by atomic mass is 10.3. The molecule has 1 unspecified atom stereocenters. The highest BCUT2D eigenvalue weighted by Crippen LogP contribution is 2.08. The predicted molar refractivity (Wildman–Crippen MR) is 71.1 cm³/mol. The van der Waals surface area contributed by atoms with Crippen LogP contribution in [0.1, 0.15) is 6.42 Å². The fourth-order valence-corrected chi connectivity index (χ4v) is 2.98. The molecule has 7 nitrogen and oxygen atoms in total. The third-order valence-corrected chi connectivity index (χ3v) is 4.77. The van der Waals surface area contributed by atoms with E-state index in [2.05, 4.69) is 5.32 Å². The standard InChI is InChI=1S/C8H17NO6S3/c1-16-5-3-7(18(13,14)15)8(10)9-4-6-17(2,11)12/h7H,3-6H2,1-2H3,(H,9,10)(H,13,14,15). The molecule has 1 amide bonds. The Morgan fingerprint density at radius 3 is 2.28 bits per heavy atom. The van der Waals surface area contributed by atoms with Crippen LogP contribution in [0.4, 0.5) is 0 Å². The van der Waals surface area contributed by atoms with E-state index in [-0.39, 0.29) is 18.7 Å². The molecule has 0 bridgehead atoms. The molecular formula is C8H17NO6S3. The van der Waals surface area contributed by atoms with Gasteiger partial charge in [0.1, 0.15) is 9.84 Å². The van der Waals surface area contributed by atoms with Crippen molar-refractivity contribution in [1.29, 1.82) is 0 Å². The first-order valence-electron chi connectivity index (χ1n) is 4.98. The zero-order chi connectivity index (χ0) is 14.4. The van der Waals surface area contributed by atoms with E-state index in [0.717, 1.165) is 6.26 Å². The van der Waals surface area contributed by atoms with Gasteiger partial charge in [-0.05, 0) is 18.4 Å². The van der Waals surface area contributed by atoms with Crippen LogP contribution in [0.2, 0.25) is 0 Å². The average Bonchev–Trinajstić information content (AvgIpc) is 2.14. The van der Waals surface area contributed by atoms with E-state index in [1.54, 1.807) is 6.26 Å². The molecule has 0 spiro atoms. The Hall–Kier alpha value is -0.320.